The van der Waals surface area contributed by atoms with Gasteiger partial charge in [0.15, 0.2) is 0 Å². The number of hydrogen-bond donors (Lipinski definition) is 0. The van der Waals surface area contributed by atoms with E-state index in [1.54, 1.807) is 0 Å². The molecule has 0 aliphatic heterocycles. The molecule has 0 radical (unpaired) electrons. The minimum absolute atomic E-state index is 0. The van der Waals surface area contributed by atoms with E-state index in [-0.39, 0.29) is 59.4 Å². The minimum Gasteiger partial charge on any atom is 4.00 e. The van der Waals surface area contributed by atoms with Crippen molar-refractivity contribution in [2.75, 3.05) is 0 Å². The van der Waals surface area contributed by atoms with Crippen LogP contribution in [0.15, 0.2) is 24.3 Å². The molecule has 248 valence electrons. The third-order valence-electron chi connectivity index (χ3n) is 3.69. The van der Waals surface area contributed by atoms with Crippen LogP contribution in [0.4, 0.5) is 26.3 Å². The molecule has 0 aliphatic carbocycles. The summed E-state index contributed by atoms with van der Waals surface area (Å²) in [5.41, 5.74) is 0.656. The number of rotatable bonds is 1. The van der Waals surface area contributed by atoms with Gasteiger partial charge in [0.05, 0.1) is 0 Å². The van der Waals surface area contributed by atoms with E-state index in [9.17, 15) is 26.3 Å². The molecule has 11 heteroatoms. The van der Waals surface area contributed by atoms with E-state index in [0.717, 1.165) is 12.1 Å². The second kappa shape index (κ2) is 17.8. The fraction of sp³-hybridized carbons (Fsp3) is 0.839. The first-order valence-electron chi connectivity index (χ1n) is 13.9. The molecule has 0 aliphatic rings. The van der Waals surface area contributed by atoms with Crippen LogP contribution in [0, 0.1) is 0 Å². The fourth-order valence-corrected chi connectivity index (χ4v) is 7.80. The molecule has 3 nitrogen and oxygen atoms in total. The SMILES string of the molecule is CC(C)(C)[N-]C(C)(C)C.CC(C)(C)[N-]C(C)(C)C.CC(C)(C)[N-]C(C)(C)C.F[C](F)(F)[GeH]([c-]1cccc1)[C](F)(F)F.[Zr+4]. The number of nitrogens with zero attached hydrogens (tertiary/aromatic N) is 3. The standard InChI is InChI=1S/3C8H18N.C7H5F6Ge.Zr/c3*1-7(2,3)9-8(4,5)6;8-6(9,10)14(7(11,12)13)5-3-1-2-4-5;/h3*1-6H3;1-4,14H;/q4*-1;+4. The van der Waals surface area contributed by atoms with Gasteiger partial charge in [-0.05, 0) is 0 Å². The van der Waals surface area contributed by atoms with Crippen molar-refractivity contribution in [2.24, 2.45) is 0 Å². The van der Waals surface area contributed by atoms with Gasteiger partial charge in [0, 0.05) is 0 Å². The average molecular weight is 752 g/mol. The predicted octanol–water partition coefficient (Wildman–Crippen LogP) is 10.9. The molecular weight excluding hydrogens is 692 g/mol. The molecule has 0 unspecified atom stereocenters. The zero-order chi connectivity index (χ0) is 34.1. The molecule has 1 aromatic carbocycles. The van der Waals surface area contributed by atoms with Gasteiger partial charge in [-0.1, -0.05) is 125 Å². The van der Waals surface area contributed by atoms with E-state index in [4.69, 9.17) is 0 Å². The van der Waals surface area contributed by atoms with E-state index < -0.39 is 28.8 Å². The van der Waals surface area contributed by atoms with E-state index in [1.165, 1.54) is 12.1 Å². The molecule has 0 saturated heterocycles. The first-order chi connectivity index (χ1) is 17.3. The molecular formula is C31H59F6GeN3Zr. The zero-order valence-electron chi connectivity index (χ0n) is 29.5. The molecule has 0 heterocycles. The van der Waals surface area contributed by atoms with Crippen LogP contribution in [0.25, 0.3) is 16.0 Å². The Hall–Kier alpha value is 0.236. The van der Waals surface area contributed by atoms with Crippen LogP contribution in [0.3, 0.4) is 0 Å². The first kappa shape index (κ1) is 49.1. The Balaban J connectivity index is -0.000000233. The van der Waals surface area contributed by atoms with Gasteiger partial charge in [-0.3, -0.25) is 0 Å². The molecule has 42 heavy (non-hydrogen) atoms. The molecule has 1 rings (SSSR count). The van der Waals surface area contributed by atoms with E-state index in [0.29, 0.717) is 0 Å². The first-order valence-corrected chi connectivity index (χ1v) is 17.6. The van der Waals surface area contributed by atoms with Crippen LogP contribution >= 0.6 is 0 Å². The van der Waals surface area contributed by atoms with Crippen LogP contribution in [-0.4, -0.2) is 57.6 Å². The quantitative estimate of drug-likeness (QED) is 0.156. The van der Waals surface area contributed by atoms with Crippen molar-refractivity contribution in [3.63, 3.8) is 0 Å². The molecule has 0 N–H and O–H groups in total. The molecule has 0 bridgehead atoms. The Morgan fingerprint density at radius 2 is 0.571 bits per heavy atom. The second-order valence-corrected chi connectivity index (χ2v) is 22.1. The van der Waals surface area contributed by atoms with E-state index >= 15 is 0 Å². The maximum absolute atomic E-state index is 12.1. The monoisotopic (exact) mass is 751 g/mol. The van der Waals surface area contributed by atoms with Crippen molar-refractivity contribution in [3.05, 3.63) is 40.2 Å². The normalized spacial score (nSPS) is 13.5. The third kappa shape index (κ3) is 36.4. The molecule has 0 aromatic heterocycles. The van der Waals surface area contributed by atoms with Crippen LogP contribution in [0.1, 0.15) is 125 Å². The molecule has 0 spiro atoms. The summed E-state index contributed by atoms with van der Waals surface area (Å²) in [4.78, 5) is 0. The zero-order valence-corrected chi connectivity index (χ0v) is 34.4. The Labute approximate surface area is 278 Å². The maximum atomic E-state index is 12.1. The summed E-state index contributed by atoms with van der Waals surface area (Å²) in [5, 5.41) is 3.40. The summed E-state index contributed by atoms with van der Waals surface area (Å²) in [6.45, 7) is 38.2. The van der Waals surface area contributed by atoms with Crippen molar-refractivity contribution in [1.82, 2.24) is 0 Å². The van der Waals surface area contributed by atoms with Crippen LogP contribution < -0.4 is 4.40 Å². The topological polar surface area (TPSA) is 42.3 Å². The van der Waals surface area contributed by atoms with Gasteiger partial charge in [0.1, 0.15) is 0 Å². The van der Waals surface area contributed by atoms with Crippen molar-refractivity contribution in [3.8, 4) is 0 Å². The molecule has 0 amide bonds. The van der Waals surface area contributed by atoms with Crippen LogP contribution in [0.5, 0.6) is 0 Å². The van der Waals surface area contributed by atoms with Gasteiger partial charge in [-0.2, -0.15) is 0 Å². The average Bonchev–Trinajstić information content (AvgIpc) is 2.95. The summed E-state index contributed by atoms with van der Waals surface area (Å²) in [6.07, 6.45) is 0. The largest absolute Gasteiger partial charge is 4.00 e. The van der Waals surface area contributed by atoms with Crippen LogP contribution in [0.2, 0.25) is 0 Å². The summed E-state index contributed by atoms with van der Waals surface area (Å²) in [5.74, 6) is 0. The Morgan fingerprint density at radius 3 is 0.667 bits per heavy atom. The van der Waals surface area contributed by atoms with Crippen molar-refractivity contribution >= 4 is 18.7 Å². The van der Waals surface area contributed by atoms with E-state index in [2.05, 4.69) is 141 Å². The molecule has 0 atom stereocenters. The smallest absolute Gasteiger partial charge is 4.00 e. The summed E-state index contributed by atoms with van der Waals surface area (Å²) >= 11 is -5.46. The van der Waals surface area contributed by atoms with Gasteiger partial charge >= 0.3 is 106 Å². The molecule has 0 fully saturated rings. The minimum atomic E-state index is -5.46. The van der Waals surface area contributed by atoms with Gasteiger partial charge < -0.3 is 16.0 Å². The van der Waals surface area contributed by atoms with Gasteiger partial charge in [-0.15, -0.1) is 33.2 Å². The Bertz CT molecular complexity index is 699. The number of hydrogen-bond acceptors (Lipinski definition) is 0. The van der Waals surface area contributed by atoms with E-state index in [1.807, 2.05) is 0 Å². The number of halogens is 6. The fourth-order valence-electron chi connectivity index (χ4n) is 4.16. The van der Waals surface area contributed by atoms with Crippen molar-refractivity contribution in [1.29, 1.82) is 0 Å². The Morgan fingerprint density at radius 1 is 0.405 bits per heavy atom. The Kier molecular flexibility index (Phi) is 20.8. The van der Waals surface area contributed by atoms with Crippen molar-refractivity contribution in [2.45, 2.75) is 168 Å². The molecule has 1 aromatic rings. The maximum Gasteiger partial charge on any atom is 4.00 e. The summed E-state index contributed by atoms with van der Waals surface area (Å²) < 4.78 is 72.3. The van der Waals surface area contributed by atoms with Gasteiger partial charge in [-0.25, -0.2) is 0 Å². The summed E-state index contributed by atoms with van der Waals surface area (Å²) in [7, 11) is 0. The van der Waals surface area contributed by atoms with Gasteiger partial charge in [0.25, 0.3) is 0 Å². The number of alkyl halides is 6. The van der Waals surface area contributed by atoms with Crippen molar-refractivity contribution < 1.29 is 52.5 Å². The molecule has 0 saturated carbocycles. The van der Waals surface area contributed by atoms with Crippen LogP contribution in [-0.2, 0) is 26.2 Å². The second-order valence-electron chi connectivity index (χ2n) is 16.1. The summed E-state index contributed by atoms with van der Waals surface area (Å²) in [6, 6.07) is 4.16. The van der Waals surface area contributed by atoms with Gasteiger partial charge in [0.2, 0.25) is 0 Å². The predicted molar refractivity (Wildman–Crippen MR) is 170 cm³/mol. The third-order valence-corrected chi connectivity index (χ3v) is 8.64.